The largest absolute Gasteiger partial charge is 0.343 e. The molecular weight excluding hydrogens is 450 g/mol. The van der Waals surface area contributed by atoms with Crippen molar-refractivity contribution in [2.75, 3.05) is 6.54 Å². The van der Waals surface area contributed by atoms with E-state index in [-0.39, 0.29) is 37.0 Å². The summed E-state index contributed by atoms with van der Waals surface area (Å²) in [7, 11) is 0. The van der Waals surface area contributed by atoms with Gasteiger partial charge in [0, 0.05) is 12.6 Å². The molecule has 0 aliphatic carbocycles. The number of aromatic nitrogens is 2. The number of carbonyl (C=O) groups is 2. The fourth-order valence-corrected chi connectivity index (χ4v) is 4.42. The van der Waals surface area contributed by atoms with Gasteiger partial charge in [-0.15, -0.1) is 0 Å². The van der Waals surface area contributed by atoms with Crippen LogP contribution in [-0.4, -0.2) is 45.4 Å². The number of carbonyl (C=O) groups excluding carboxylic acids is 2. The molecule has 4 rings (SSSR count). The number of hydrogen-bond acceptors (Lipinski definition) is 4. The van der Waals surface area contributed by atoms with E-state index in [1.165, 1.54) is 23.5 Å². The zero-order valence-corrected chi connectivity index (χ0v) is 19.7. The van der Waals surface area contributed by atoms with E-state index in [2.05, 4.69) is 15.3 Å². The molecule has 8 heteroatoms. The number of hydrogen-bond donors (Lipinski definition) is 1. The quantitative estimate of drug-likeness (QED) is 0.554. The number of alkyl halides is 1. The standard InChI is InChI=1S/C27H28F2N4O2/c1-17(2)22-9-8-19(12-23(22)29)26(18-6-4-3-5-7-18)32-27(35)24-13-20(28)15-33(24)25(34)14-21-10-11-30-16-31-21/h3-12,16-17,20,24,26H,13-15H2,1-2H3,(H,32,35). The average molecular weight is 479 g/mol. The Hall–Kier alpha value is -3.68. The molecule has 0 bridgehead atoms. The van der Waals surface area contributed by atoms with Gasteiger partial charge in [0.2, 0.25) is 11.8 Å². The second-order valence-electron chi connectivity index (χ2n) is 9.06. The van der Waals surface area contributed by atoms with Crippen LogP contribution in [-0.2, 0) is 16.0 Å². The molecule has 6 nitrogen and oxygen atoms in total. The molecule has 1 aromatic heterocycles. The average Bonchev–Trinajstić information content (AvgIpc) is 3.25. The second-order valence-corrected chi connectivity index (χ2v) is 9.06. The van der Waals surface area contributed by atoms with E-state index in [9.17, 15) is 18.4 Å². The summed E-state index contributed by atoms with van der Waals surface area (Å²) in [5, 5.41) is 2.94. The Morgan fingerprint density at radius 3 is 2.54 bits per heavy atom. The van der Waals surface area contributed by atoms with Gasteiger partial charge in [-0.1, -0.05) is 56.3 Å². The van der Waals surface area contributed by atoms with Crippen molar-refractivity contribution in [1.29, 1.82) is 0 Å². The Balaban J connectivity index is 1.58. The molecule has 1 fully saturated rings. The predicted molar refractivity (Wildman–Crippen MR) is 128 cm³/mol. The molecule has 1 aliphatic heterocycles. The Kier molecular flexibility index (Phi) is 7.48. The topological polar surface area (TPSA) is 75.2 Å². The van der Waals surface area contributed by atoms with Crippen molar-refractivity contribution in [3.8, 4) is 0 Å². The molecule has 182 valence electrons. The lowest BCUT2D eigenvalue weighted by molar-refractivity contribution is -0.138. The molecule has 2 heterocycles. The van der Waals surface area contributed by atoms with E-state index in [0.29, 0.717) is 16.8 Å². The molecule has 3 unspecified atom stereocenters. The first-order valence-electron chi connectivity index (χ1n) is 11.7. The normalized spacial score (nSPS) is 18.5. The molecule has 3 aromatic rings. The van der Waals surface area contributed by atoms with Crippen LogP contribution in [0.1, 0.15) is 54.6 Å². The van der Waals surface area contributed by atoms with Crippen molar-refractivity contribution in [3.63, 3.8) is 0 Å². The van der Waals surface area contributed by atoms with Crippen LogP contribution in [0, 0.1) is 5.82 Å². The summed E-state index contributed by atoms with van der Waals surface area (Å²) in [5.74, 6) is -1.20. The number of nitrogens with one attached hydrogen (secondary N) is 1. The molecular formula is C27H28F2N4O2. The van der Waals surface area contributed by atoms with Gasteiger partial charge < -0.3 is 10.2 Å². The minimum absolute atomic E-state index is 0.0169. The molecule has 3 atom stereocenters. The number of nitrogens with zero attached hydrogens (tertiary/aromatic N) is 3. The van der Waals surface area contributed by atoms with Gasteiger partial charge in [-0.25, -0.2) is 18.7 Å². The summed E-state index contributed by atoms with van der Waals surface area (Å²) in [5.41, 5.74) is 2.41. The van der Waals surface area contributed by atoms with E-state index in [0.717, 1.165) is 5.56 Å². The van der Waals surface area contributed by atoms with Crippen molar-refractivity contribution < 1.29 is 18.4 Å². The van der Waals surface area contributed by atoms with Gasteiger partial charge in [0.25, 0.3) is 0 Å². The zero-order chi connectivity index (χ0) is 24.9. The number of benzene rings is 2. The maximum Gasteiger partial charge on any atom is 0.243 e. The minimum Gasteiger partial charge on any atom is -0.343 e. The van der Waals surface area contributed by atoms with E-state index in [4.69, 9.17) is 0 Å². The second kappa shape index (κ2) is 10.7. The lowest BCUT2D eigenvalue weighted by Gasteiger charge is -2.27. The van der Waals surface area contributed by atoms with Gasteiger partial charge in [-0.3, -0.25) is 9.59 Å². The van der Waals surface area contributed by atoms with Crippen LogP contribution in [0.5, 0.6) is 0 Å². The number of halogens is 2. The number of amides is 2. The Morgan fingerprint density at radius 1 is 1.11 bits per heavy atom. The lowest BCUT2D eigenvalue weighted by atomic mass is 9.94. The monoisotopic (exact) mass is 478 g/mol. The molecule has 1 N–H and O–H groups in total. The van der Waals surface area contributed by atoms with Crippen LogP contribution in [0.15, 0.2) is 67.1 Å². The van der Waals surface area contributed by atoms with Crippen LogP contribution in [0.25, 0.3) is 0 Å². The molecule has 1 saturated heterocycles. The first-order chi connectivity index (χ1) is 16.8. The van der Waals surface area contributed by atoms with E-state index >= 15 is 0 Å². The van der Waals surface area contributed by atoms with E-state index < -0.39 is 24.2 Å². The van der Waals surface area contributed by atoms with Crippen molar-refractivity contribution >= 4 is 11.8 Å². The molecule has 0 spiro atoms. The van der Waals surface area contributed by atoms with Crippen LogP contribution >= 0.6 is 0 Å². The maximum absolute atomic E-state index is 14.8. The number of likely N-dealkylation sites (tertiary alicyclic amines) is 1. The molecule has 1 aliphatic rings. The third kappa shape index (κ3) is 5.70. The van der Waals surface area contributed by atoms with Gasteiger partial charge in [0.15, 0.2) is 0 Å². The lowest BCUT2D eigenvalue weighted by Crippen LogP contribution is -2.47. The van der Waals surface area contributed by atoms with Crippen molar-refractivity contribution in [2.45, 2.75) is 50.9 Å². The first kappa shape index (κ1) is 24.4. The highest BCUT2D eigenvalue weighted by atomic mass is 19.1. The first-order valence-corrected chi connectivity index (χ1v) is 11.7. The highest BCUT2D eigenvalue weighted by Crippen LogP contribution is 2.28. The number of rotatable bonds is 7. The third-order valence-corrected chi connectivity index (χ3v) is 6.25. The summed E-state index contributed by atoms with van der Waals surface area (Å²) >= 11 is 0. The van der Waals surface area contributed by atoms with E-state index in [1.807, 2.05) is 44.2 Å². The van der Waals surface area contributed by atoms with E-state index in [1.54, 1.807) is 18.2 Å². The fraction of sp³-hybridized carbons (Fsp3) is 0.333. The van der Waals surface area contributed by atoms with Crippen LogP contribution < -0.4 is 5.32 Å². The Morgan fingerprint density at radius 2 is 1.89 bits per heavy atom. The zero-order valence-electron chi connectivity index (χ0n) is 19.7. The maximum atomic E-state index is 14.8. The summed E-state index contributed by atoms with van der Waals surface area (Å²) in [6.07, 6.45) is 1.41. The highest BCUT2D eigenvalue weighted by molar-refractivity contribution is 5.89. The van der Waals surface area contributed by atoms with Gasteiger partial charge in [-0.2, -0.15) is 0 Å². The van der Waals surface area contributed by atoms with Crippen molar-refractivity contribution in [2.24, 2.45) is 0 Å². The molecule has 0 saturated carbocycles. The van der Waals surface area contributed by atoms with Gasteiger partial charge in [0.05, 0.1) is 24.7 Å². The summed E-state index contributed by atoms with van der Waals surface area (Å²) in [6.45, 7) is 3.67. The molecule has 2 aromatic carbocycles. The molecule has 35 heavy (non-hydrogen) atoms. The Labute approximate surface area is 203 Å². The van der Waals surface area contributed by atoms with Gasteiger partial charge in [-0.05, 0) is 34.7 Å². The van der Waals surface area contributed by atoms with Crippen molar-refractivity contribution in [3.05, 3.63) is 95.3 Å². The minimum atomic E-state index is -1.31. The van der Waals surface area contributed by atoms with Crippen LogP contribution in [0.2, 0.25) is 0 Å². The summed E-state index contributed by atoms with van der Waals surface area (Å²) in [6, 6.07) is 14.1. The van der Waals surface area contributed by atoms with Gasteiger partial charge >= 0.3 is 0 Å². The third-order valence-electron chi connectivity index (χ3n) is 6.25. The Bertz CT molecular complexity index is 1170. The summed E-state index contributed by atoms with van der Waals surface area (Å²) < 4.78 is 29.2. The van der Waals surface area contributed by atoms with Crippen LogP contribution in [0.4, 0.5) is 8.78 Å². The smallest absolute Gasteiger partial charge is 0.243 e. The van der Waals surface area contributed by atoms with Gasteiger partial charge in [0.1, 0.15) is 24.4 Å². The summed E-state index contributed by atoms with van der Waals surface area (Å²) in [4.78, 5) is 35.4. The molecule has 2 amide bonds. The highest BCUT2D eigenvalue weighted by Gasteiger charge is 2.40. The fourth-order valence-electron chi connectivity index (χ4n) is 4.42. The molecule has 0 radical (unpaired) electrons. The predicted octanol–water partition coefficient (Wildman–Crippen LogP) is 4.13. The SMILES string of the molecule is CC(C)c1ccc(C(NC(=O)C2CC(F)CN2C(=O)Cc2ccncn2)c2ccccc2)cc1F. The van der Waals surface area contributed by atoms with Crippen molar-refractivity contribution in [1.82, 2.24) is 20.2 Å². The van der Waals surface area contributed by atoms with Crippen LogP contribution in [0.3, 0.4) is 0 Å².